The fourth-order valence-electron chi connectivity index (χ4n) is 7.37. The minimum Gasteiger partial charge on any atom is -0.455 e. The molecule has 2 nitrogen and oxygen atoms in total. The summed E-state index contributed by atoms with van der Waals surface area (Å²) in [5.41, 5.74) is 11.3. The van der Waals surface area contributed by atoms with Crippen LogP contribution in [-0.2, 0) is 0 Å². The van der Waals surface area contributed by atoms with E-state index >= 15 is 0 Å². The molecule has 0 aliphatic heterocycles. The molecule has 0 N–H and O–H groups in total. The molecule has 0 aliphatic rings. The molecular formula is C46H26B5NO. The molecule has 0 atom stereocenters. The monoisotopic (exact) mass is 663 g/mol. The summed E-state index contributed by atoms with van der Waals surface area (Å²) < 4.78 is 6.33. The highest BCUT2D eigenvalue weighted by Gasteiger charge is 2.21. The van der Waals surface area contributed by atoms with Crippen molar-refractivity contribution in [2.75, 3.05) is 4.90 Å². The van der Waals surface area contributed by atoms with E-state index in [0.717, 1.165) is 61.1 Å². The number of nitrogens with zero attached hydrogens (tertiary/aromatic N) is 1. The van der Waals surface area contributed by atoms with Crippen molar-refractivity contribution in [3.05, 3.63) is 158 Å². The first-order valence-corrected chi connectivity index (χ1v) is 17.4. The van der Waals surface area contributed by atoms with Gasteiger partial charge in [0.05, 0.1) is 0 Å². The van der Waals surface area contributed by atoms with Crippen LogP contribution in [-0.4, -0.2) is 39.2 Å². The smallest absolute Gasteiger partial charge is 0.143 e. The van der Waals surface area contributed by atoms with Crippen molar-refractivity contribution in [2.45, 2.75) is 0 Å². The summed E-state index contributed by atoms with van der Waals surface area (Å²) in [6, 6.07) is 54.3. The molecule has 236 valence electrons. The first-order valence-electron chi connectivity index (χ1n) is 17.4. The number of fused-ring (bicyclic) bond motifs is 4. The second kappa shape index (κ2) is 13.2. The van der Waals surface area contributed by atoms with E-state index in [1.54, 1.807) is 0 Å². The highest BCUT2D eigenvalue weighted by Crippen LogP contribution is 2.39. The van der Waals surface area contributed by atoms with Crippen LogP contribution >= 0.6 is 0 Å². The maximum Gasteiger partial charge on any atom is 0.143 e. The summed E-state index contributed by atoms with van der Waals surface area (Å²) in [6.45, 7) is 0. The minimum atomic E-state index is 0.167. The van der Waals surface area contributed by atoms with E-state index in [1.807, 2.05) is 47.4 Å². The van der Waals surface area contributed by atoms with Crippen molar-refractivity contribution in [2.24, 2.45) is 0 Å². The molecule has 0 unspecified atom stereocenters. The molecule has 9 rings (SSSR count). The van der Waals surface area contributed by atoms with Gasteiger partial charge in [0.2, 0.25) is 0 Å². The first-order chi connectivity index (χ1) is 25.9. The summed E-state index contributed by atoms with van der Waals surface area (Å²) in [6.07, 6.45) is 0. The van der Waals surface area contributed by atoms with E-state index in [4.69, 9.17) is 43.6 Å². The average molecular weight is 663 g/mol. The Labute approximate surface area is 315 Å². The number of rotatable bonds is 6. The normalized spacial score (nSPS) is 11.4. The zero-order valence-electron chi connectivity index (χ0n) is 28.8. The Kier molecular flexibility index (Phi) is 8.16. The van der Waals surface area contributed by atoms with Gasteiger partial charge in [-0.1, -0.05) is 138 Å². The van der Waals surface area contributed by atoms with Gasteiger partial charge in [0, 0.05) is 33.4 Å². The second-order valence-corrected chi connectivity index (χ2v) is 13.2. The van der Waals surface area contributed by atoms with Gasteiger partial charge in [0.25, 0.3) is 0 Å². The van der Waals surface area contributed by atoms with Crippen LogP contribution in [0.5, 0.6) is 0 Å². The second-order valence-electron chi connectivity index (χ2n) is 13.2. The van der Waals surface area contributed by atoms with Crippen molar-refractivity contribution in [1.82, 2.24) is 0 Å². The van der Waals surface area contributed by atoms with Crippen LogP contribution in [0.4, 0.5) is 17.1 Å². The van der Waals surface area contributed by atoms with Gasteiger partial charge >= 0.3 is 0 Å². The molecule has 0 aliphatic carbocycles. The number of para-hydroxylation sites is 2. The average Bonchev–Trinajstić information content (AvgIpc) is 3.60. The first kappa shape index (κ1) is 32.8. The Morgan fingerprint density at radius 2 is 0.811 bits per heavy atom. The van der Waals surface area contributed by atoms with Crippen LogP contribution in [0.2, 0.25) is 0 Å². The van der Waals surface area contributed by atoms with Gasteiger partial charge in [-0.2, -0.15) is 0 Å². The molecule has 0 fully saturated rings. The molecule has 10 radical (unpaired) electrons. The van der Waals surface area contributed by atoms with E-state index < -0.39 is 0 Å². The third-order valence-electron chi connectivity index (χ3n) is 10.2. The van der Waals surface area contributed by atoms with Crippen molar-refractivity contribution in [3.63, 3.8) is 0 Å². The lowest BCUT2D eigenvalue weighted by atomic mass is 9.61. The molecular weight excluding hydrogens is 637 g/mol. The molecule has 0 saturated carbocycles. The molecule has 0 bridgehead atoms. The van der Waals surface area contributed by atoms with E-state index in [-0.39, 0.29) is 27.3 Å². The Balaban J connectivity index is 1.10. The fourth-order valence-corrected chi connectivity index (χ4v) is 7.37. The van der Waals surface area contributed by atoms with E-state index in [9.17, 15) is 0 Å². The predicted molar refractivity (Wildman–Crippen MR) is 229 cm³/mol. The molecule has 9 aromatic rings. The molecule has 0 spiro atoms. The highest BCUT2D eigenvalue weighted by molar-refractivity contribution is 6.69. The highest BCUT2D eigenvalue weighted by atomic mass is 16.3. The fraction of sp³-hybridized carbons (Fsp3) is 0. The van der Waals surface area contributed by atoms with Crippen LogP contribution in [0, 0.1) is 0 Å². The topological polar surface area (TPSA) is 16.4 Å². The zero-order chi connectivity index (χ0) is 36.2. The molecule has 1 heterocycles. The van der Waals surface area contributed by atoms with Crippen LogP contribution in [0.3, 0.4) is 0 Å². The van der Waals surface area contributed by atoms with Gasteiger partial charge in [-0.25, -0.2) is 0 Å². The van der Waals surface area contributed by atoms with Gasteiger partial charge in [0.1, 0.15) is 50.4 Å². The van der Waals surface area contributed by atoms with Gasteiger partial charge in [-0.15, -0.1) is 16.4 Å². The molecule has 0 amide bonds. The lowest BCUT2D eigenvalue weighted by Gasteiger charge is -2.32. The Hall–Kier alpha value is -6.06. The third-order valence-corrected chi connectivity index (χ3v) is 10.2. The van der Waals surface area contributed by atoms with Crippen LogP contribution in [0.25, 0.3) is 66.1 Å². The van der Waals surface area contributed by atoms with Gasteiger partial charge in [-0.05, 0) is 68.9 Å². The molecule has 7 heteroatoms. The van der Waals surface area contributed by atoms with Crippen molar-refractivity contribution < 1.29 is 4.42 Å². The largest absolute Gasteiger partial charge is 0.455 e. The Bertz CT molecular complexity index is 2790. The standard InChI is InChI=1S/C46H26B5NO/c47-40-41(48)43(50)45(44(51)42(40)49)52(33-25-21-31(22-26-33)36-12-6-13-38-37-10-3-4-14-39(37)53-46(36)38)32-23-19-28(20-24-32)27-15-17-30(18-16-27)35-11-5-8-29-7-1-2-9-34(29)35/h1-26H. The minimum absolute atomic E-state index is 0.167. The van der Waals surface area contributed by atoms with E-state index in [1.165, 1.54) is 16.3 Å². The summed E-state index contributed by atoms with van der Waals surface area (Å²) in [4.78, 5) is 1.97. The molecule has 1 aromatic heterocycles. The van der Waals surface area contributed by atoms with Crippen molar-refractivity contribution in [1.29, 1.82) is 0 Å². The van der Waals surface area contributed by atoms with E-state index in [0.29, 0.717) is 5.69 Å². The third kappa shape index (κ3) is 5.59. The van der Waals surface area contributed by atoms with Gasteiger partial charge < -0.3 is 9.32 Å². The summed E-state index contributed by atoms with van der Waals surface area (Å²) >= 11 is 0. The van der Waals surface area contributed by atoms with Crippen molar-refractivity contribution in [3.8, 4) is 33.4 Å². The lowest BCUT2D eigenvalue weighted by molar-refractivity contribution is 0.670. The maximum atomic E-state index is 6.67. The van der Waals surface area contributed by atoms with E-state index in [2.05, 4.69) is 115 Å². The predicted octanol–water partition coefficient (Wildman–Crippen LogP) is 7.18. The van der Waals surface area contributed by atoms with Crippen LogP contribution in [0.1, 0.15) is 0 Å². The number of hydrogen-bond acceptors (Lipinski definition) is 2. The van der Waals surface area contributed by atoms with Crippen molar-refractivity contribution >= 4 is 116 Å². The molecule has 8 aromatic carbocycles. The summed E-state index contributed by atoms with van der Waals surface area (Å²) in [5.74, 6) is 0. The number of furan rings is 1. The number of anilines is 3. The Morgan fingerprint density at radius 3 is 1.49 bits per heavy atom. The molecule has 0 saturated heterocycles. The number of benzene rings is 8. The Morgan fingerprint density at radius 1 is 0.358 bits per heavy atom. The lowest BCUT2D eigenvalue weighted by Crippen LogP contribution is -2.56. The summed E-state index contributed by atoms with van der Waals surface area (Å²) in [7, 11) is 32.3. The van der Waals surface area contributed by atoms with Crippen LogP contribution in [0.15, 0.2) is 162 Å². The van der Waals surface area contributed by atoms with Crippen LogP contribution < -0.4 is 32.2 Å². The maximum absolute atomic E-state index is 6.67. The zero-order valence-corrected chi connectivity index (χ0v) is 28.8. The van der Waals surface area contributed by atoms with Gasteiger partial charge in [0.15, 0.2) is 0 Å². The SMILES string of the molecule is [B]c1c([B])c([B])c(N(c2ccc(-c3ccc(-c4cccc5ccccc45)cc3)cc2)c2ccc(-c3cccc4c3oc3ccccc34)cc2)c([B])c1[B]. The number of hydrogen-bond donors (Lipinski definition) is 0. The quantitative estimate of drug-likeness (QED) is 0.176. The molecule has 53 heavy (non-hydrogen) atoms. The van der Waals surface area contributed by atoms with Gasteiger partial charge in [-0.3, -0.25) is 0 Å². The summed E-state index contributed by atoms with van der Waals surface area (Å²) in [5, 5.41) is 4.61.